The highest BCUT2D eigenvalue weighted by molar-refractivity contribution is 6.03. The maximum atomic E-state index is 12.5. The van der Waals surface area contributed by atoms with Crippen LogP contribution >= 0.6 is 0 Å². The number of anilines is 1. The molecular weight excluding hydrogens is 335 g/mol. The van der Waals surface area contributed by atoms with Crippen LogP contribution < -0.4 is 5.32 Å². The van der Waals surface area contributed by atoms with Crippen LogP contribution in [0.3, 0.4) is 0 Å². The van der Waals surface area contributed by atoms with Crippen LogP contribution in [0, 0.1) is 6.92 Å². The van der Waals surface area contributed by atoms with Gasteiger partial charge in [0.2, 0.25) is 5.95 Å². The van der Waals surface area contributed by atoms with E-state index in [2.05, 4.69) is 25.5 Å². The lowest BCUT2D eigenvalue weighted by atomic mass is 10.1. The van der Waals surface area contributed by atoms with Gasteiger partial charge >= 0.3 is 6.18 Å². The summed E-state index contributed by atoms with van der Waals surface area (Å²) in [7, 11) is 0. The Morgan fingerprint density at radius 2 is 1.84 bits per heavy atom. The zero-order valence-corrected chi connectivity index (χ0v) is 12.9. The van der Waals surface area contributed by atoms with E-state index < -0.39 is 17.8 Å². The van der Waals surface area contributed by atoms with E-state index in [1.807, 2.05) is 31.2 Å². The number of hydrogen-bond donors (Lipinski definition) is 2. The third kappa shape index (κ3) is 3.82. The number of carbonyl (C=O) groups excluding carboxylic acids is 1. The Labute approximate surface area is 140 Å². The van der Waals surface area contributed by atoms with Crippen molar-refractivity contribution in [2.24, 2.45) is 0 Å². The van der Waals surface area contributed by atoms with Crippen LogP contribution in [0.4, 0.5) is 19.1 Å². The van der Waals surface area contributed by atoms with Crippen molar-refractivity contribution in [3.8, 4) is 11.4 Å². The van der Waals surface area contributed by atoms with Gasteiger partial charge in [0, 0.05) is 11.8 Å². The van der Waals surface area contributed by atoms with Crippen LogP contribution in [0.1, 0.15) is 21.6 Å². The van der Waals surface area contributed by atoms with Gasteiger partial charge in [-0.05, 0) is 19.1 Å². The van der Waals surface area contributed by atoms with E-state index in [0.717, 1.165) is 29.5 Å². The smallest absolute Gasteiger partial charge is 0.289 e. The minimum absolute atomic E-state index is 0.0143. The van der Waals surface area contributed by atoms with Crippen LogP contribution in [0.2, 0.25) is 0 Å². The Kier molecular flexibility index (Phi) is 4.22. The summed E-state index contributed by atoms with van der Waals surface area (Å²) in [6, 6.07) is 9.29. The third-order valence-corrected chi connectivity index (χ3v) is 3.35. The zero-order valence-electron chi connectivity index (χ0n) is 12.9. The van der Waals surface area contributed by atoms with Gasteiger partial charge < -0.3 is 0 Å². The molecule has 25 heavy (non-hydrogen) atoms. The number of pyridine rings is 1. The molecule has 0 radical (unpaired) electrons. The number of aryl methyl sites for hydroxylation is 1. The molecule has 9 heteroatoms. The largest absolute Gasteiger partial charge is 0.433 e. The number of nitrogens with zero attached hydrogens (tertiary/aromatic N) is 3. The summed E-state index contributed by atoms with van der Waals surface area (Å²) < 4.78 is 37.4. The SMILES string of the molecule is Cc1ccc(-c2nc(NC(=O)c3ccc(C(F)(F)F)nc3)n[nH]2)cc1. The number of aromatic nitrogens is 4. The van der Waals surface area contributed by atoms with Gasteiger partial charge in [0.15, 0.2) is 5.82 Å². The maximum Gasteiger partial charge on any atom is 0.433 e. The first-order valence-electron chi connectivity index (χ1n) is 7.17. The Bertz CT molecular complexity index is 885. The van der Waals surface area contributed by atoms with E-state index in [9.17, 15) is 18.0 Å². The number of H-pyrrole nitrogens is 1. The number of benzene rings is 1. The van der Waals surface area contributed by atoms with Crippen molar-refractivity contribution >= 4 is 11.9 Å². The van der Waals surface area contributed by atoms with E-state index in [1.54, 1.807) is 0 Å². The lowest BCUT2D eigenvalue weighted by molar-refractivity contribution is -0.141. The molecule has 0 unspecified atom stereocenters. The molecule has 0 saturated heterocycles. The van der Waals surface area contributed by atoms with Gasteiger partial charge in [-0.2, -0.15) is 18.2 Å². The fourth-order valence-electron chi connectivity index (χ4n) is 2.03. The van der Waals surface area contributed by atoms with E-state index in [0.29, 0.717) is 5.82 Å². The molecule has 0 aliphatic rings. The number of alkyl halides is 3. The Hall–Kier alpha value is -3.23. The molecule has 0 fully saturated rings. The maximum absolute atomic E-state index is 12.5. The monoisotopic (exact) mass is 347 g/mol. The van der Waals surface area contributed by atoms with Crippen LogP contribution in [0.5, 0.6) is 0 Å². The van der Waals surface area contributed by atoms with Crippen molar-refractivity contribution in [3.05, 3.63) is 59.4 Å². The molecule has 1 aromatic carbocycles. The molecule has 0 aliphatic carbocycles. The van der Waals surface area contributed by atoms with Gasteiger partial charge in [0.25, 0.3) is 5.91 Å². The Morgan fingerprint density at radius 3 is 2.44 bits per heavy atom. The van der Waals surface area contributed by atoms with E-state index >= 15 is 0 Å². The first-order chi connectivity index (χ1) is 11.8. The van der Waals surface area contributed by atoms with E-state index in [4.69, 9.17) is 0 Å². The summed E-state index contributed by atoms with van der Waals surface area (Å²) in [6.07, 6.45) is -3.70. The summed E-state index contributed by atoms with van der Waals surface area (Å²) in [5.41, 5.74) is 0.777. The summed E-state index contributed by atoms with van der Waals surface area (Å²) in [4.78, 5) is 19.4. The Balaban J connectivity index is 1.72. The van der Waals surface area contributed by atoms with Crippen molar-refractivity contribution in [1.82, 2.24) is 20.2 Å². The quantitative estimate of drug-likeness (QED) is 0.760. The normalized spacial score (nSPS) is 11.4. The highest BCUT2D eigenvalue weighted by Crippen LogP contribution is 2.27. The van der Waals surface area contributed by atoms with Crippen molar-refractivity contribution in [2.45, 2.75) is 13.1 Å². The number of halogens is 3. The molecule has 0 atom stereocenters. The van der Waals surface area contributed by atoms with Crippen LogP contribution in [0.15, 0.2) is 42.6 Å². The first-order valence-corrected chi connectivity index (χ1v) is 7.17. The number of carbonyl (C=O) groups is 1. The predicted molar refractivity (Wildman–Crippen MR) is 83.7 cm³/mol. The molecule has 3 rings (SSSR count). The minimum Gasteiger partial charge on any atom is -0.289 e. The third-order valence-electron chi connectivity index (χ3n) is 3.35. The van der Waals surface area contributed by atoms with Crippen molar-refractivity contribution in [3.63, 3.8) is 0 Å². The van der Waals surface area contributed by atoms with Crippen LogP contribution in [-0.2, 0) is 6.18 Å². The summed E-state index contributed by atoms with van der Waals surface area (Å²) in [5.74, 6) is -0.183. The van der Waals surface area contributed by atoms with Gasteiger partial charge in [0.05, 0.1) is 5.56 Å². The van der Waals surface area contributed by atoms with E-state index in [1.165, 1.54) is 0 Å². The fraction of sp³-hybridized carbons (Fsp3) is 0.125. The van der Waals surface area contributed by atoms with Crippen molar-refractivity contribution in [2.75, 3.05) is 5.32 Å². The highest BCUT2D eigenvalue weighted by atomic mass is 19.4. The topological polar surface area (TPSA) is 83.6 Å². The lowest BCUT2D eigenvalue weighted by Crippen LogP contribution is -2.15. The molecule has 6 nitrogen and oxygen atoms in total. The predicted octanol–water partition coefficient (Wildman–Crippen LogP) is 3.45. The molecule has 0 saturated carbocycles. The molecule has 128 valence electrons. The van der Waals surface area contributed by atoms with Gasteiger partial charge in [-0.1, -0.05) is 29.8 Å². The van der Waals surface area contributed by atoms with Crippen LogP contribution in [0.25, 0.3) is 11.4 Å². The second-order valence-electron chi connectivity index (χ2n) is 5.26. The lowest BCUT2D eigenvalue weighted by Gasteiger charge is -2.06. The molecular formula is C16H12F3N5O. The highest BCUT2D eigenvalue weighted by Gasteiger charge is 2.32. The van der Waals surface area contributed by atoms with E-state index in [-0.39, 0.29) is 11.5 Å². The van der Waals surface area contributed by atoms with Gasteiger partial charge in [-0.3, -0.25) is 20.2 Å². The molecule has 1 amide bonds. The van der Waals surface area contributed by atoms with Crippen LogP contribution in [-0.4, -0.2) is 26.1 Å². The Morgan fingerprint density at radius 1 is 1.12 bits per heavy atom. The molecule has 2 aromatic heterocycles. The summed E-state index contributed by atoms with van der Waals surface area (Å²) in [5, 5.41) is 8.96. The molecule has 0 aliphatic heterocycles. The number of amides is 1. The van der Waals surface area contributed by atoms with Crippen molar-refractivity contribution in [1.29, 1.82) is 0 Å². The number of nitrogens with one attached hydrogen (secondary N) is 2. The molecule has 0 bridgehead atoms. The number of aromatic amines is 1. The summed E-state index contributed by atoms with van der Waals surface area (Å²) >= 11 is 0. The van der Waals surface area contributed by atoms with Gasteiger partial charge in [-0.25, -0.2) is 0 Å². The molecule has 2 N–H and O–H groups in total. The number of rotatable bonds is 3. The van der Waals surface area contributed by atoms with Crippen molar-refractivity contribution < 1.29 is 18.0 Å². The standard InChI is InChI=1S/C16H12F3N5O/c1-9-2-4-10(5-3-9)13-21-15(24-23-13)22-14(25)11-6-7-12(20-8-11)16(17,18)19/h2-8H,1H3,(H2,21,22,23,24,25). The fourth-order valence-corrected chi connectivity index (χ4v) is 2.03. The average Bonchev–Trinajstić information content (AvgIpc) is 3.03. The first kappa shape index (κ1) is 16.6. The second kappa shape index (κ2) is 6.34. The minimum atomic E-state index is -4.55. The van der Waals surface area contributed by atoms with Gasteiger partial charge in [-0.15, -0.1) is 5.10 Å². The average molecular weight is 347 g/mol. The van der Waals surface area contributed by atoms with Gasteiger partial charge in [0.1, 0.15) is 5.69 Å². The second-order valence-corrected chi connectivity index (χ2v) is 5.26. The summed E-state index contributed by atoms with van der Waals surface area (Å²) in [6.45, 7) is 1.95. The molecule has 0 spiro atoms. The molecule has 2 heterocycles. The molecule has 3 aromatic rings. The number of hydrogen-bond acceptors (Lipinski definition) is 4. The zero-order chi connectivity index (χ0) is 18.0.